The summed E-state index contributed by atoms with van der Waals surface area (Å²) in [5, 5.41) is 8.27. The van der Waals surface area contributed by atoms with Gasteiger partial charge in [0.2, 0.25) is 0 Å². The largest absolute Gasteiger partial charge is 0.385 e. The number of aromatic nitrogens is 3. The van der Waals surface area contributed by atoms with Gasteiger partial charge in [-0.25, -0.2) is 0 Å². The van der Waals surface area contributed by atoms with Gasteiger partial charge < -0.3 is 15.0 Å². The van der Waals surface area contributed by atoms with Gasteiger partial charge in [-0.15, -0.1) is 10.2 Å². The van der Waals surface area contributed by atoms with Crippen LogP contribution < -0.4 is 5.73 Å². The number of nitrogens with zero attached hydrogens (tertiary/aromatic N) is 3. The van der Waals surface area contributed by atoms with Crippen molar-refractivity contribution in [2.75, 3.05) is 13.7 Å². The molecule has 102 valence electrons. The number of hydrogen-bond donors (Lipinski definition) is 1. The van der Waals surface area contributed by atoms with Crippen LogP contribution in [0.15, 0.2) is 6.33 Å². The summed E-state index contributed by atoms with van der Waals surface area (Å²) in [5.74, 6) is 0.943. The molecule has 1 aliphatic rings. The van der Waals surface area contributed by atoms with Crippen molar-refractivity contribution >= 4 is 0 Å². The van der Waals surface area contributed by atoms with Gasteiger partial charge in [-0.05, 0) is 25.7 Å². The maximum atomic E-state index is 6.21. The molecular formula is C13H24N4O. The van der Waals surface area contributed by atoms with Crippen LogP contribution in [0.1, 0.15) is 62.9 Å². The molecule has 18 heavy (non-hydrogen) atoms. The third-order valence-corrected chi connectivity index (χ3v) is 3.76. The van der Waals surface area contributed by atoms with Crippen LogP contribution in [0.25, 0.3) is 0 Å². The molecule has 1 atom stereocenters. The molecule has 1 aliphatic carbocycles. The molecule has 0 aromatic carbocycles. The van der Waals surface area contributed by atoms with E-state index in [9.17, 15) is 0 Å². The van der Waals surface area contributed by atoms with Gasteiger partial charge in [0, 0.05) is 19.8 Å². The van der Waals surface area contributed by atoms with Crippen LogP contribution in [0.5, 0.6) is 0 Å². The molecule has 0 radical (unpaired) electrons. The Morgan fingerprint density at radius 2 is 2.22 bits per heavy atom. The van der Waals surface area contributed by atoms with E-state index in [0.717, 1.165) is 25.3 Å². The maximum Gasteiger partial charge on any atom is 0.150 e. The van der Waals surface area contributed by atoms with Gasteiger partial charge in [0.05, 0.1) is 6.04 Å². The molecule has 0 spiro atoms. The van der Waals surface area contributed by atoms with Crippen LogP contribution in [0.4, 0.5) is 0 Å². The minimum Gasteiger partial charge on any atom is -0.385 e. The number of rotatable bonds is 6. The van der Waals surface area contributed by atoms with E-state index >= 15 is 0 Å². The molecule has 0 aliphatic heterocycles. The predicted octanol–water partition coefficient (Wildman–Crippen LogP) is 2.21. The number of ether oxygens (including phenoxy) is 1. The summed E-state index contributed by atoms with van der Waals surface area (Å²) in [7, 11) is 1.72. The fraction of sp³-hybridized carbons (Fsp3) is 0.846. The zero-order valence-corrected chi connectivity index (χ0v) is 11.2. The fourth-order valence-electron chi connectivity index (χ4n) is 2.73. The van der Waals surface area contributed by atoms with Gasteiger partial charge in [0.1, 0.15) is 12.2 Å². The molecule has 2 N–H and O–H groups in total. The van der Waals surface area contributed by atoms with Crippen molar-refractivity contribution < 1.29 is 4.74 Å². The Balaban J connectivity index is 1.97. The molecule has 1 unspecified atom stereocenters. The normalized spacial score (nSPS) is 19.0. The highest BCUT2D eigenvalue weighted by atomic mass is 16.5. The Morgan fingerprint density at radius 3 is 2.94 bits per heavy atom. The molecule has 1 aromatic heterocycles. The van der Waals surface area contributed by atoms with E-state index in [1.54, 1.807) is 7.11 Å². The molecule has 0 saturated heterocycles. The molecule has 2 rings (SSSR count). The molecule has 1 fully saturated rings. The fourth-order valence-corrected chi connectivity index (χ4v) is 2.73. The second kappa shape index (κ2) is 6.85. The summed E-state index contributed by atoms with van der Waals surface area (Å²) < 4.78 is 7.26. The number of hydrogen-bond acceptors (Lipinski definition) is 4. The van der Waals surface area contributed by atoms with E-state index in [1.807, 2.05) is 6.33 Å². The van der Waals surface area contributed by atoms with Gasteiger partial charge in [0.15, 0.2) is 0 Å². The second-order valence-electron chi connectivity index (χ2n) is 5.13. The van der Waals surface area contributed by atoms with Crippen molar-refractivity contribution in [2.24, 2.45) is 5.73 Å². The molecule has 1 aromatic rings. The molecule has 1 saturated carbocycles. The lowest BCUT2D eigenvalue weighted by atomic mass is 9.95. The summed E-state index contributed by atoms with van der Waals surface area (Å²) >= 11 is 0. The lowest BCUT2D eigenvalue weighted by Crippen LogP contribution is -2.21. The van der Waals surface area contributed by atoms with Crippen molar-refractivity contribution in [1.29, 1.82) is 0 Å². The van der Waals surface area contributed by atoms with Crippen LogP contribution in [0.2, 0.25) is 0 Å². The van der Waals surface area contributed by atoms with Gasteiger partial charge >= 0.3 is 0 Å². The summed E-state index contributed by atoms with van der Waals surface area (Å²) in [4.78, 5) is 0. The third kappa shape index (κ3) is 3.29. The smallest absolute Gasteiger partial charge is 0.150 e. The first-order chi connectivity index (χ1) is 8.83. The highest BCUT2D eigenvalue weighted by molar-refractivity contribution is 4.96. The molecule has 5 nitrogen and oxygen atoms in total. The van der Waals surface area contributed by atoms with E-state index in [2.05, 4.69) is 14.8 Å². The van der Waals surface area contributed by atoms with E-state index in [-0.39, 0.29) is 6.04 Å². The third-order valence-electron chi connectivity index (χ3n) is 3.76. The summed E-state index contributed by atoms with van der Waals surface area (Å²) in [5.41, 5.74) is 6.21. The Hall–Kier alpha value is -0.940. The average Bonchev–Trinajstić information content (AvgIpc) is 2.89. The van der Waals surface area contributed by atoms with Crippen LogP contribution >= 0.6 is 0 Å². The molecule has 1 heterocycles. The van der Waals surface area contributed by atoms with Crippen molar-refractivity contribution in [3.8, 4) is 0 Å². The highest BCUT2D eigenvalue weighted by Crippen LogP contribution is 2.30. The van der Waals surface area contributed by atoms with Gasteiger partial charge in [-0.3, -0.25) is 0 Å². The Bertz CT molecular complexity index is 347. The molecule has 5 heteroatoms. The zero-order chi connectivity index (χ0) is 12.8. The van der Waals surface area contributed by atoms with Crippen molar-refractivity contribution in [2.45, 2.75) is 57.0 Å². The molecule has 0 amide bonds. The van der Waals surface area contributed by atoms with Crippen molar-refractivity contribution in [1.82, 2.24) is 14.8 Å². The summed E-state index contributed by atoms with van der Waals surface area (Å²) in [6.45, 7) is 0.755. The first kappa shape index (κ1) is 13.5. The highest BCUT2D eigenvalue weighted by Gasteiger charge is 2.21. The topological polar surface area (TPSA) is 66.0 Å². The number of methoxy groups -OCH3 is 1. The Labute approximate surface area is 109 Å². The second-order valence-corrected chi connectivity index (χ2v) is 5.13. The Morgan fingerprint density at radius 1 is 1.44 bits per heavy atom. The van der Waals surface area contributed by atoms with E-state index in [4.69, 9.17) is 10.5 Å². The van der Waals surface area contributed by atoms with Gasteiger partial charge in [-0.2, -0.15) is 0 Å². The van der Waals surface area contributed by atoms with Crippen molar-refractivity contribution in [3.63, 3.8) is 0 Å². The van der Waals surface area contributed by atoms with E-state index in [0.29, 0.717) is 6.04 Å². The molecular weight excluding hydrogens is 228 g/mol. The predicted molar refractivity (Wildman–Crippen MR) is 70.2 cm³/mol. The minimum atomic E-state index is -0.0235. The average molecular weight is 252 g/mol. The van der Waals surface area contributed by atoms with Crippen LogP contribution in [0, 0.1) is 0 Å². The Kier molecular flexibility index (Phi) is 5.13. The van der Waals surface area contributed by atoms with Crippen LogP contribution in [-0.2, 0) is 4.74 Å². The summed E-state index contributed by atoms with van der Waals surface area (Å²) in [6.07, 6.45) is 10.2. The van der Waals surface area contributed by atoms with Gasteiger partial charge in [-0.1, -0.05) is 19.3 Å². The van der Waals surface area contributed by atoms with Crippen molar-refractivity contribution in [3.05, 3.63) is 12.2 Å². The van der Waals surface area contributed by atoms with Crippen LogP contribution in [-0.4, -0.2) is 28.5 Å². The van der Waals surface area contributed by atoms with Crippen LogP contribution in [0.3, 0.4) is 0 Å². The zero-order valence-electron chi connectivity index (χ0n) is 11.2. The lowest BCUT2D eigenvalue weighted by Gasteiger charge is -2.25. The summed E-state index contributed by atoms with van der Waals surface area (Å²) in [6, 6.07) is 0.529. The standard InChI is InChI=1S/C13H24N4O/c1-18-9-5-8-12(14)13-16-15-10-17(13)11-6-3-2-4-7-11/h10-12H,2-9,14H2,1H3. The lowest BCUT2D eigenvalue weighted by molar-refractivity contribution is 0.190. The van der Waals surface area contributed by atoms with E-state index in [1.165, 1.54) is 32.1 Å². The first-order valence-corrected chi connectivity index (χ1v) is 6.97. The SMILES string of the molecule is COCCCC(N)c1nncn1C1CCCCC1. The maximum absolute atomic E-state index is 6.21. The minimum absolute atomic E-state index is 0.0235. The number of nitrogens with two attached hydrogens (primary N) is 1. The quantitative estimate of drug-likeness (QED) is 0.788. The first-order valence-electron chi connectivity index (χ1n) is 6.97. The van der Waals surface area contributed by atoms with Gasteiger partial charge in [0.25, 0.3) is 0 Å². The monoisotopic (exact) mass is 252 g/mol. The van der Waals surface area contributed by atoms with E-state index < -0.39 is 0 Å². The molecule has 0 bridgehead atoms.